The number of benzene rings is 1. The Kier molecular flexibility index (Phi) is 2.58. The van der Waals surface area contributed by atoms with E-state index in [2.05, 4.69) is 39.2 Å². The lowest BCUT2D eigenvalue weighted by Crippen LogP contribution is -2.33. The molecule has 3 N–H and O–H groups in total. The van der Waals surface area contributed by atoms with E-state index < -0.39 is 0 Å². The Balaban J connectivity index is 2.53. The van der Waals surface area contributed by atoms with Crippen molar-refractivity contribution < 1.29 is 4.74 Å². The first-order chi connectivity index (χ1) is 7.44. The summed E-state index contributed by atoms with van der Waals surface area (Å²) in [6.07, 6.45) is 2.10. The average Bonchev–Trinajstić information content (AvgIpc) is 2.23. The van der Waals surface area contributed by atoms with Gasteiger partial charge < -0.3 is 10.2 Å². The van der Waals surface area contributed by atoms with Crippen LogP contribution in [0.1, 0.15) is 37.0 Å². The zero-order chi connectivity index (χ0) is 11.9. The highest BCUT2D eigenvalue weighted by Gasteiger charge is 2.28. The van der Waals surface area contributed by atoms with Crippen molar-refractivity contribution >= 4 is 5.69 Å². The molecule has 1 aliphatic heterocycles. The molecule has 0 radical (unpaired) electrons. The summed E-state index contributed by atoms with van der Waals surface area (Å²) < 4.78 is 6.06. The lowest BCUT2D eigenvalue weighted by Gasteiger charge is -2.34. The molecule has 1 heterocycles. The van der Waals surface area contributed by atoms with Gasteiger partial charge in [0.15, 0.2) is 0 Å². The molecule has 1 aliphatic rings. The Morgan fingerprint density at radius 2 is 2.00 bits per heavy atom. The maximum atomic E-state index is 6.06. The highest BCUT2D eigenvalue weighted by molar-refractivity contribution is 5.61. The van der Waals surface area contributed by atoms with Gasteiger partial charge in [0.2, 0.25) is 0 Å². The minimum atomic E-state index is -0.0537. The summed E-state index contributed by atoms with van der Waals surface area (Å²) in [5, 5.41) is 0. The number of nitrogens with two attached hydrogens (primary N) is 1. The normalized spacial score (nSPS) is 17.6. The van der Waals surface area contributed by atoms with Crippen molar-refractivity contribution in [3.63, 3.8) is 0 Å². The summed E-state index contributed by atoms with van der Waals surface area (Å²) in [6, 6.07) is 2.10. The summed E-state index contributed by atoms with van der Waals surface area (Å²) in [4.78, 5) is 0. The molecule has 88 valence electrons. The predicted molar refractivity (Wildman–Crippen MR) is 66.8 cm³/mol. The first-order valence-corrected chi connectivity index (χ1v) is 5.73. The van der Waals surface area contributed by atoms with Crippen LogP contribution in [0.2, 0.25) is 0 Å². The van der Waals surface area contributed by atoms with Gasteiger partial charge in [-0.15, -0.1) is 0 Å². The van der Waals surface area contributed by atoms with E-state index in [0.717, 1.165) is 24.3 Å². The molecule has 1 aromatic rings. The van der Waals surface area contributed by atoms with Crippen LogP contribution in [0.5, 0.6) is 5.75 Å². The Labute approximate surface area is 97.0 Å². The molecule has 0 amide bonds. The number of hydrogen-bond donors (Lipinski definition) is 2. The second-order valence-electron chi connectivity index (χ2n) is 5.17. The van der Waals surface area contributed by atoms with Gasteiger partial charge in [-0.2, -0.15) is 0 Å². The topological polar surface area (TPSA) is 47.3 Å². The first-order valence-electron chi connectivity index (χ1n) is 5.73. The van der Waals surface area contributed by atoms with Gasteiger partial charge in [0.05, 0.1) is 5.69 Å². The Morgan fingerprint density at radius 3 is 2.62 bits per heavy atom. The molecule has 0 unspecified atom stereocenters. The third-order valence-corrected chi connectivity index (χ3v) is 3.45. The molecular weight excluding hydrogens is 200 g/mol. The summed E-state index contributed by atoms with van der Waals surface area (Å²) >= 11 is 0. The van der Waals surface area contributed by atoms with Crippen LogP contribution in [-0.4, -0.2) is 5.60 Å². The second-order valence-corrected chi connectivity index (χ2v) is 5.17. The van der Waals surface area contributed by atoms with Crippen LogP contribution in [0, 0.1) is 13.8 Å². The van der Waals surface area contributed by atoms with Crippen LogP contribution in [0.25, 0.3) is 0 Å². The van der Waals surface area contributed by atoms with Crippen LogP contribution in [0.3, 0.4) is 0 Å². The van der Waals surface area contributed by atoms with Crippen molar-refractivity contribution in [1.29, 1.82) is 0 Å². The number of ether oxygens (including phenoxy) is 1. The summed E-state index contributed by atoms with van der Waals surface area (Å²) in [5.41, 5.74) is 7.32. The number of fused-ring (bicyclic) bond motifs is 1. The predicted octanol–water partition coefficient (Wildman–Crippen LogP) is 2.69. The summed E-state index contributed by atoms with van der Waals surface area (Å²) in [6.45, 7) is 8.44. The molecule has 0 atom stereocenters. The maximum absolute atomic E-state index is 6.06. The number of aryl methyl sites for hydroxylation is 1. The van der Waals surface area contributed by atoms with Gasteiger partial charge in [-0.1, -0.05) is 0 Å². The van der Waals surface area contributed by atoms with Crippen molar-refractivity contribution in [1.82, 2.24) is 0 Å². The number of hydrogen-bond acceptors (Lipinski definition) is 3. The fraction of sp³-hybridized carbons (Fsp3) is 0.538. The maximum Gasteiger partial charge on any atom is 0.126 e. The van der Waals surface area contributed by atoms with Crippen molar-refractivity contribution in [2.75, 3.05) is 5.43 Å². The molecule has 1 aromatic carbocycles. The molecule has 0 aliphatic carbocycles. The SMILES string of the molecule is Cc1c(NN)cc2c(c1C)OC(C)(C)CC2. The Morgan fingerprint density at radius 1 is 1.31 bits per heavy atom. The van der Waals surface area contributed by atoms with Crippen LogP contribution in [-0.2, 0) is 6.42 Å². The number of nitrogens with one attached hydrogen (secondary N) is 1. The second kappa shape index (κ2) is 3.67. The van der Waals surface area contributed by atoms with E-state index in [1.165, 1.54) is 16.7 Å². The van der Waals surface area contributed by atoms with E-state index >= 15 is 0 Å². The molecule has 0 bridgehead atoms. The molecule has 0 saturated carbocycles. The summed E-state index contributed by atoms with van der Waals surface area (Å²) in [7, 11) is 0. The van der Waals surface area contributed by atoms with Crippen LogP contribution >= 0.6 is 0 Å². The van der Waals surface area contributed by atoms with Crippen LogP contribution in [0.15, 0.2) is 6.07 Å². The fourth-order valence-corrected chi connectivity index (χ4v) is 2.20. The van der Waals surface area contributed by atoms with E-state index in [9.17, 15) is 0 Å². The van der Waals surface area contributed by atoms with E-state index in [0.29, 0.717) is 0 Å². The number of nitrogen functional groups attached to an aromatic ring is 1. The van der Waals surface area contributed by atoms with E-state index in [4.69, 9.17) is 10.6 Å². The van der Waals surface area contributed by atoms with E-state index in [1.807, 2.05) is 0 Å². The highest BCUT2D eigenvalue weighted by atomic mass is 16.5. The molecule has 3 heteroatoms. The van der Waals surface area contributed by atoms with Gasteiger partial charge in [-0.3, -0.25) is 5.84 Å². The number of rotatable bonds is 1. The standard InChI is InChI=1S/C13H20N2O/c1-8-9(2)12-10(7-11(8)15-14)5-6-13(3,4)16-12/h7,15H,5-6,14H2,1-4H3. The quantitative estimate of drug-likeness (QED) is 0.565. The van der Waals surface area contributed by atoms with Crippen molar-refractivity contribution in [3.05, 3.63) is 22.8 Å². The zero-order valence-electron chi connectivity index (χ0n) is 10.5. The molecular formula is C13H20N2O. The molecule has 16 heavy (non-hydrogen) atoms. The minimum absolute atomic E-state index is 0.0537. The van der Waals surface area contributed by atoms with Gasteiger partial charge >= 0.3 is 0 Å². The molecule has 0 spiro atoms. The molecule has 3 nitrogen and oxygen atoms in total. The lowest BCUT2D eigenvalue weighted by molar-refractivity contribution is 0.0836. The van der Waals surface area contributed by atoms with Gasteiger partial charge in [-0.05, 0) is 63.3 Å². The van der Waals surface area contributed by atoms with Gasteiger partial charge in [0.1, 0.15) is 11.4 Å². The first kappa shape index (κ1) is 11.3. The monoisotopic (exact) mass is 220 g/mol. The van der Waals surface area contributed by atoms with Crippen LogP contribution in [0.4, 0.5) is 5.69 Å². The van der Waals surface area contributed by atoms with Crippen molar-refractivity contribution in [2.24, 2.45) is 5.84 Å². The molecule has 0 aromatic heterocycles. The number of hydrazine groups is 1. The molecule has 2 rings (SSSR count). The smallest absolute Gasteiger partial charge is 0.126 e. The van der Waals surface area contributed by atoms with E-state index in [1.54, 1.807) is 0 Å². The zero-order valence-corrected chi connectivity index (χ0v) is 10.5. The minimum Gasteiger partial charge on any atom is -0.487 e. The van der Waals surface area contributed by atoms with Gasteiger partial charge in [0, 0.05) is 0 Å². The van der Waals surface area contributed by atoms with Gasteiger partial charge in [-0.25, -0.2) is 0 Å². The van der Waals surface area contributed by atoms with E-state index in [-0.39, 0.29) is 5.60 Å². The van der Waals surface area contributed by atoms with Crippen LogP contribution < -0.4 is 16.0 Å². The van der Waals surface area contributed by atoms with Crippen molar-refractivity contribution in [2.45, 2.75) is 46.1 Å². The van der Waals surface area contributed by atoms with Gasteiger partial charge in [0.25, 0.3) is 0 Å². The lowest BCUT2D eigenvalue weighted by atomic mass is 9.91. The van der Waals surface area contributed by atoms with Crippen molar-refractivity contribution in [3.8, 4) is 5.75 Å². The third-order valence-electron chi connectivity index (χ3n) is 3.45. The fourth-order valence-electron chi connectivity index (χ4n) is 2.20. The molecule has 0 saturated heterocycles. The summed E-state index contributed by atoms with van der Waals surface area (Å²) in [5.74, 6) is 6.56. The highest BCUT2D eigenvalue weighted by Crippen LogP contribution is 2.39. The Hall–Kier alpha value is -1.22. The average molecular weight is 220 g/mol. The molecule has 0 fully saturated rings. The third kappa shape index (κ3) is 1.76. The Bertz CT molecular complexity index is 424. The largest absolute Gasteiger partial charge is 0.487 e. The number of anilines is 1.